The number of rotatable bonds is 5. The minimum absolute atomic E-state index is 0.0124. The summed E-state index contributed by atoms with van der Waals surface area (Å²) in [5.41, 5.74) is 1.48. The second-order valence-electron chi connectivity index (χ2n) is 8.84. The molecule has 4 fully saturated rings. The molecule has 5 heteroatoms. The van der Waals surface area contributed by atoms with Gasteiger partial charge in [-0.15, -0.1) is 6.42 Å². The zero-order chi connectivity index (χ0) is 19.1. The minimum Gasteiger partial charge on any atom is -0.347 e. The Kier molecular flexibility index (Phi) is 4.80. The summed E-state index contributed by atoms with van der Waals surface area (Å²) in [4.78, 5) is 24.7. The first-order valence-corrected chi connectivity index (χ1v) is 10.5. The molecule has 4 saturated carbocycles. The predicted molar refractivity (Wildman–Crippen MR) is 109 cm³/mol. The number of hydrogen-bond donors (Lipinski definition) is 2. The largest absolute Gasteiger partial charge is 0.347 e. The molecule has 0 aromatic heterocycles. The summed E-state index contributed by atoms with van der Waals surface area (Å²) in [5, 5.41) is 5.59. The van der Waals surface area contributed by atoms with Gasteiger partial charge in [-0.2, -0.15) is 0 Å². The molecule has 0 saturated heterocycles. The number of terminal acetylenes is 1. The average molecular weight is 429 g/mol. The summed E-state index contributed by atoms with van der Waals surface area (Å²) in [7, 11) is 0. The van der Waals surface area contributed by atoms with Crippen molar-refractivity contribution in [1.82, 2.24) is 5.32 Å². The van der Waals surface area contributed by atoms with Gasteiger partial charge in [-0.1, -0.05) is 27.9 Å². The summed E-state index contributed by atoms with van der Waals surface area (Å²) in [5.74, 6) is 3.80. The Hall–Kier alpha value is -1.80. The van der Waals surface area contributed by atoms with E-state index in [1.807, 2.05) is 0 Å². The molecule has 142 valence electrons. The van der Waals surface area contributed by atoms with Crippen molar-refractivity contribution in [3.05, 3.63) is 29.8 Å². The van der Waals surface area contributed by atoms with Crippen molar-refractivity contribution in [2.24, 2.45) is 17.3 Å². The maximum Gasteiger partial charge on any atom is 0.243 e. The molecule has 5 rings (SSSR count). The lowest BCUT2D eigenvalue weighted by atomic mass is 9.48. The first-order chi connectivity index (χ1) is 12.9. The second-order valence-corrected chi connectivity index (χ2v) is 10.5. The summed E-state index contributed by atoms with van der Waals surface area (Å²) in [6.07, 6.45) is 13.2. The van der Waals surface area contributed by atoms with E-state index < -0.39 is 0 Å². The van der Waals surface area contributed by atoms with E-state index in [2.05, 4.69) is 32.5 Å². The predicted octanol–water partition coefficient (Wildman–Crippen LogP) is 3.85. The Morgan fingerprint density at radius 2 is 1.93 bits per heavy atom. The molecule has 0 heterocycles. The normalized spacial score (nSPS) is 33.3. The highest BCUT2D eigenvalue weighted by molar-refractivity contribution is 9.10. The molecule has 4 nitrogen and oxygen atoms in total. The van der Waals surface area contributed by atoms with Crippen molar-refractivity contribution in [3.8, 4) is 12.3 Å². The zero-order valence-corrected chi connectivity index (χ0v) is 17.0. The Bertz CT molecular complexity index is 799. The van der Waals surface area contributed by atoms with E-state index in [-0.39, 0.29) is 28.1 Å². The molecule has 4 bridgehead atoms. The van der Waals surface area contributed by atoms with Gasteiger partial charge in [0.2, 0.25) is 11.8 Å². The fraction of sp³-hybridized carbons (Fsp3) is 0.545. The van der Waals surface area contributed by atoms with Crippen LogP contribution in [0, 0.1) is 29.6 Å². The lowest BCUT2D eigenvalue weighted by molar-refractivity contribution is -0.130. The first kappa shape index (κ1) is 18.6. The van der Waals surface area contributed by atoms with Gasteiger partial charge in [0.15, 0.2) is 0 Å². The Morgan fingerprint density at radius 3 is 2.59 bits per heavy atom. The van der Waals surface area contributed by atoms with Crippen molar-refractivity contribution in [2.75, 3.05) is 11.9 Å². The van der Waals surface area contributed by atoms with E-state index in [9.17, 15) is 9.59 Å². The molecule has 27 heavy (non-hydrogen) atoms. The van der Waals surface area contributed by atoms with Gasteiger partial charge in [0.25, 0.3) is 0 Å². The van der Waals surface area contributed by atoms with Crippen LogP contribution < -0.4 is 10.6 Å². The Labute approximate surface area is 169 Å². The fourth-order valence-electron chi connectivity index (χ4n) is 6.02. The standard InChI is InChI=1S/C22H25BrN2O2/c1-2-15-4-3-5-18(7-15)25-20(27)13-24-19(26)12-21-8-16-6-17(9-21)11-22(23,10-16)14-21/h1,3-5,7,16-17H,6,8-14H2,(H,24,26)(H,25,27). The van der Waals surface area contributed by atoms with Crippen molar-refractivity contribution in [2.45, 2.75) is 49.3 Å². The quantitative estimate of drug-likeness (QED) is 0.552. The van der Waals surface area contributed by atoms with Crippen LogP contribution in [-0.2, 0) is 9.59 Å². The number of carbonyl (C=O) groups excluding carboxylic acids is 2. The number of benzene rings is 1. The number of carbonyl (C=O) groups is 2. The molecule has 4 aliphatic rings. The van der Waals surface area contributed by atoms with Crippen LogP contribution in [0.1, 0.15) is 50.5 Å². The molecule has 2 unspecified atom stereocenters. The lowest BCUT2D eigenvalue weighted by Gasteiger charge is -2.60. The smallest absolute Gasteiger partial charge is 0.243 e. The summed E-state index contributed by atoms with van der Waals surface area (Å²) in [6.45, 7) is -0.0124. The third-order valence-corrected chi connectivity index (χ3v) is 7.33. The van der Waals surface area contributed by atoms with E-state index in [1.54, 1.807) is 24.3 Å². The van der Waals surface area contributed by atoms with E-state index >= 15 is 0 Å². The van der Waals surface area contributed by atoms with Crippen LogP contribution in [0.25, 0.3) is 0 Å². The number of alkyl halides is 1. The van der Waals surface area contributed by atoms with E-state index in [1.165, 1.54) is 19.3 Å². The highest BCUT2D eigenvalue weighted by atomic mass is 79.9. The average Bonchev–Trinajstić information content (AvgIpc) is 2.57. The fourth-order valence-corrected chi connectivity index (χ4v) is 7.53. The van der Waals surface area contributed by atoms with Crippen molar-refractivity contribution in [1.29, 1.82) is 0 Å². The monoisotopic (exact) mass is 428 g/mol. The maximum atomic E-state index is 12.6. The number of hydrogen-bond acceptors (Lipinski definition) is 2. The Balaban J connectivity index is 1.30. The molecule has 0 aliphatic heterocycles. The molecule has 0 spiro atoms. The lowest BCUT2D eigenvalue weighted by Crippen LogP contribution is -2.54. The second kappa shape index (κ2) is 6.98. The van der Waals surface area contributed by atoms with Gasteiger partial charge in [-0.3, -0.25) is 9.59 Å². The molecule has 1 aromatic rings. The van der Waals surface area contributed by atoms with Crippen molar-refractivity contribution in [3.63, 3.8) is 0 Å². The molecule has 2 atom stereocenters. The van der Waals surface area contributed by atoms with E-state index in [0.29, 0.717) is 17.7 Å². The molecule has 4 aliphatic carbocycles. The van der Waals surface area contributed by atoms with Crippen LogP contribution in [0.3, 0.4) is 0 Å². The highest BCUT2D eigenvalue weighted by Crippen LogP contribution is 2.65. The van der Waals surface area contributed by atoms with Crippen LogP contribution in [-0.4, -0.2) is 22.7 Å². The van der Waals surface area contributed by atoms with Gasteiger partial charge in [0.05, 0.1) is 6.54 Å². The van der Waals surface area contributed by atoms with Crippen LogP contribution in [0.5, 0.6) is 0 Å². The van der Waals surface area contributed by atoms with Gasteiger partial charge in [0, 0.05) is 22.0 Å². The zero-order valence-electron chi connectivity index (χ0n) is 15.4. The third kappa shape index (κ3) is 4.06. The summed E-state index contributed by atoms with van der Waals surface area (Å²) >= 11 is 3.98. The topological polar surface area (TPSA) is 58.2 Å². The van der Waals surface area contributed by atoms with Gasteiger partial charge in [-0.05, 0) is 74.0 Å². The SMILES string of the molecule is C#Cc1cccc(NC(=O)CNC(=O)CC23CC4CC(CC(Br)(C4)C2)C3)c1. The van der Waals surface area contributed by atoms with E-state index in [4.69, 9.17) is 6.42 Å². The number of nitrogens with one attached hydrogen (secondary N) is 2. The number of anilines is 1. The molecular weight excluding hydrogens is 404 g/mol. The minimum atomic E-state index is -0.236. The molecular formula is C22H25BrN2O2. The maximum absolute atomic E-state index is 12.6. The van der Waals surface area contributed by atoms with Crippen LogP contribution >= 0.6 is 15.9 Å². The van der Waals surface area contributed by atoms with Gasteiger partial charge in [0.1, 0.15) is 0 Å². The van der Waals surface area contributed by atoms with Crippen LogP contribution in [0.4, 0.5) is 5.69 Å². The molecule has 2 amide bonds. The van der Waals surface area contributed by atoms with Gasteiger partial charge < -0.3 is 10.6 Å². The van der Waals surface area contributed by atoms with Crippen molar-refractivity contribution < 1.29 is 9.59 Å². The molecule has 2 N–H and O–H groups in total. The summed E-state index contributed by atoms with van der Waals surface area (Å²) in [6, 6.07) is 7.13. The molecule has 0 radical (unpaired) electrons. The van der Waals surface area contributed by atoms with Crippen LogP contribution in [0.15, 0.2) is 24.3 Å². The molecule has 1 aromatic carbocycles. The van der Waals surface area contributed by atoms with Gasteiger partial charge >= 0.3 is 0 Å². The number of halogens is 1. The van der Waals surface area contributed by atoms with Gasteiger partial charge in [-0.25, -0.2) is 0 Å². The number of amides is 2. The summed E-state index contributed by atoms with van der Waals surface area (Å²) < 4.78 is 0.247. The third-order valence-electron chi connectivity index (χ3n) is 6.41. The van der Waals surface area contributed by atoms with Crippen LogP contribution in [0.2, 0.25) is 0 Å². The highest BCUT2D eigenvalue weighted by Gasteiger charge is 2.57. The van der Waals surface area contributed by atoms with E-state index in [0.717, 1.165) is 31.1 Å². The Morgan fingerprint density at radius 1 is 1.19 bits per heavy atom. The first-order valence-electron chi connectivity index (χ1n) is 9.69. The van der Waals surface area contributed by atoms with Crippen molar-refractivity contribution >= 4 is 33.4 Å².